The maximum absolute atomic E-state index is 10.8. The van der Waals surface area contributed by atoms with Crippen LogP contribution in [-0.2, 0) is 0 Å². The average molecular weight is 362 g/mol. The molecule has 0 amide bonds. The van der Waals surface area contributed by atoms with Crippen molar-refractivity contribution in [3.8, 4) is 11.5 Å². The van der Waals surface area contributed by atoms with E-state index < -0.39 is 10.3 Å². The van der Waals surface area contributed by atoms with E-state index in [2.05, 4.69) is 4.99 Å². The molecule has 1 aliphatic heterocycles. The number of hydrogen-bond acceptors (Lipinski definition) is 4. The molecule has 126 valence electrons. The second kappa shape index (κ2) is 6.43. The molecule has 3 rings (SSSR count). The molecule has 1 atom stereocenters. The Kier molecular flexibility index (Phi) is 4.49. The molecule has 5 nitrogen and oxygen atoms in total. The van der Waals surface area contributed by atoms with Gasteiger partial charge in [-0.2, -0.15) is 0 Å². The number of aliphatic imine (C=N–C) groups is 1. The van der Waals surface area contributed by atoms with Crippen molar-refractivity contribution in [3.05, 3.63) is 53.6 Å². The number of fused-ring (bicyclic) bond motifs is 1. The van der Waals surface area contributed by atoms with Crippen LogP contribution < -0.4 is 15.2 Å². The van der Waals surface area contributed by atoms with Crippen molar-refractivity contribution in [2.24, 2.45) is 10.7 Å². The topological polar surface area (TPSA) is 77.1 Å². The summed E-state index contributed by atoms with van der Waals surface area (Å²) in [5.41, 5.74) is 7.84. The summed E-state index contributed by atoms with van der Waals surface area (Å²) in [4.78, 5) is 5.01. The van der Waals surface area contributed by atoms with Crippen LogP contribution in [0.25, 0.3) is 0 Å². The second-order valence-electron chi connectivity index (χ2n) is 5.52. The smallest absolute Gasteiger partial charge is 0.231 e. The predicted octanol–water partition coefficient (Wildman–Crippen LogP) is 3.68. The van der Waals surface area contributed by atoms with Gasteiger partial charge in [-0.05, 0) is 55.7 Å². The molecule has 0 spiro atoms. The van der Waals surface area contributed by atoms with Gasteiger partial charge >= 0.3 is 0 Å². The molecule has 2 aromatic carbocycles. The van der Waals surface area contributed by atoms with Crippen molar-refractivity contribution in [2.45, 2.75) is 11.8 Å². The number of rotatable bonds is 2. The fourth-order valence-electron chi connectivity index (χ4n) is 2.21. The van der Waals surface area contributed by atoms with Crippen LogP contribution in [0.1, 0.15) is 11.1 Å². The van der Waals surface area contributed by atoms with Crippen LogP contribution in [-0.4, -0.2) is 27.8 Å². The highest BCUT2D eigenvalue weighted by Crippen LogP contribution is 2.50. The molecule has 0 aliphatic carbocycles. The molecule has 1 unspecified atom stereocenters. The lowest BCUT2D eigenvalue weighted by molar-refractivity contribution is 0.174. The zero-order valence-corrected chi connectivity index (χ0v) is 15.0. The maximum Gasteiger partial charge on any atom is 0.231 e. The third-order valence-corrected chi connectivity index (χ3v) is 6.73. The van der Waals surface area contributed by atoms with Crippen molar-refractivity contribution in [3.63, 3.8) is 0 Å². The van der Waals surface area contributed by atoms with E-state index in [-0.39, 0.29) is 16.9 Å². The summed E-state index contributed by atoms with van der Waals surface area (Å²) in [6.45, 7) is 2.18. The molecule has 1 heterocycles. The summed E-state index contributed by atoms with van der Waals surface area (Å²) in [5, 5.41) is 0. The van der Waals surface area contributed by atoms with Crippen LogP contribution in [0.15, 0.2) is 52.4 Å². The highest BCUT2D eigenvalue weighted by Gasteiger charge is 2.23. The van der Waals surface area contributed by atoms with E-state index in [1.165, 1.54) is 0 Å². The molecule has 3 N–H and O–H groups in total. The Morgan fingerprint density at radius 1 is 1.17 bits per heavy atom. The number of aryl methyl sites for hydroxylation is 1. The van der Waals surface area contributed by atoms with Gasteiger partial charge in [0.1, 0.15) is 5.84 Å². The predicted molar refractivity (Wildman–Crippen MR) is 101 cm³/mol. The van der Waals surface area contributed by atoms with Gasteiger partial charge in [-0.25, -0.2) is 4.99 Å². The Bertz CT molecular complexity index is 817. The summed E-state index contributed by atoms with van der Waals surface area (Å²) in [5.74, 6) is 1.53. The van der Waals surface area contributed by atoms with Crippen molar-refractivity contribution in [1.29, 1.82) is 0 Å². The molecule has 7 heteroatoms. The number of ether oxygens (including phenoxy) is 2. The summed E-state index contributed by atoms with van der Waals surface area (Å²) >= 11 is 5.34. The van der Waals surface area contributed by atoms with Crippen LogP contribution in [0.4, 0.5) is 0 Å². The second-order valence-corrected chi connectivity index (χ2v) is 8.77. The normalized spacial score (nSPS) is 17.2. The first-order chi connectivity index (χ1) is 11.4. The van der Waals surface area contributed by atoms with Gasteiger partial charge in [0.15, 0.2) is 15.8 Å². The largest absolute Gasteiger partial charge is 0.454 e. The SMILES string of the molecule is Cc1ccc(S(C)(O)C(=S)N=C(N)c2ccc3c(c2)OCO3)cc1. The molecule has 0 bridgehead atoms. The molecule has 1 aliphatic rings. The number of benzene rings is 2. The Balaban J connectivity index is 1.86. The molecule has 0 saturated carbocycles. The maximum atomic E-state index is 10.8. The molecule has 24 heavy (non-hydrogen) atoms. The van der Waals surface area contributed by atoms with Gasteiger partial charge in [0.05, 0.1) is 0 Å². The minimum Gasteiger partial charge on any atom is -0.454 e. The van der Waals surface area contributed by atoms with Gasteiger partial charge in [-0.3, -0.25) is 0 Å². The van der Waals surface area contributed by atoms with Crippen LogP contribution >= 0.6 is 22.5 Å². The number of hydrogen-bond donors (Lipinski definition) is 2. The summed E-state index contributed by atoms with van der Waals surface area (Å²) in [7, 11) is -2.36. The zero-order chi connectivity index (χ0) is 17.3. The number of nitrogens with two attached hydrogens (primary N) is 1. The summed E-state index contributed by atoms with van der Waals surface area (Å²) in [6, 6.07) is 12.9. The van der Waals surface area contributed by atoms with Crippen LogP contribution in [0.5, 0.6) is 11.5 Å². The van der Waals surface area contributed by atoms with E-state index in [0.717, 1.165) is 10.5 Å². The van der Waals surface area contributed by atoms with Gasteiger partial charge < -0.3 is 19.8 Å². The van der Waals surface area contributed by atoms with Crippen molar-refractivity contribution < 1.29 is 14.0 Å². The average Bonchev–Trinajstić information content (AvgIpc) is 3.02. The van der Waals surface area contributed by atoms with Gasteiger partial charge in [-0.15, -0.1) is 0 Å². The van der Waals surface area contributed by atoms with Crippen LogP contribution in [0.2, 0.25) is 0 Å². The van der Waals surface area contributed by atoms with E-state index >= 15 is 0 Å². The van der Waals surface area contributed by atoms with Crippen molar-refractivity contribution >= 4 is 32.7 Å². The zero-order valence-electron chi connectivity index (χ0n) is 13.4. The summed E-state index contributed by atoms with van der Waals surface area (Å²) < 4.78 is 21.6. The first-order valence-electron chi connectivity index (χ1n) is 7.23. The first kappa shape index (κ1) is 16.8. The molecule has 0 saturated heterocycles. The van der Waals surface area contributed by atoms with E-state index in [1.807, 2.05) is 31.2 Å². The highest BCUT2D eigenvalue weighted by atomic mass is 32.3. The van der Waals surface area contributed by atoms with Gasteiger partial charge in [-0.1, -0.05) is 28.0 Å². The number of nitrogens with zero attached hydrogens (tertiary/aromatic N) is 1. The third-order valence-electron chi connectivity index (χ3n) is 3.70. The van der Waals surface area contributed by atoms with Crippen molar-refractivity contribution in [2.75, 3.05) is 13.0 Å². The Morgan fingerprint density at radius 2 is 1.83 bits per heavy atom. The van der Waals surface area contributed by atoms with E-state index in [4.69, 9.17) is 27.4 Å². The number of thiocarbonyl (C=S) groups is 1. The lowest BCUT2D eigenvalue weighted by atomic mass is 10.2. The highest BCUT2D eigenvalue weighted by molar-refractivity contribution is 8.45. The molecule has 0 fully saturated rings. The van der Waals surface area contributed by atoms with E-state index in [9.17, 15) is 4.55 Å². The van der Waals surface area contributed by atoms with E-state index in [1.54, 1.807) is 24.5 Å². The third kappa shape index (κ3) is 3.24. The minimum absolute atomic E-state index is 0.182. The fraction of sp³-hybridized carbons (Fsp3) is 0.176. The Morgan fingerprint density at radius 3 is 2.54 bits per heavy atom. The summed E-state index contributed by atoms with van der Waals surface area (Å²) in [6.07, 6.45) is 1.69. The first-order valence-corrected chi connectivity index (χ1v) is 9.64. The monoisotopic (exact) mass is 362 g/mol. The van der Waals surface area contributed by atoms with Crippen molar-refractivity contribution in [1.82, 2.24) is 0 Å². The molecule has 0 aromatic heterocycles. The Labute approximate surface area is 147 Å². The lowest BCUT2D eigenvalue weighted by Crippen LogP contribution is -2.17. The standard InChI is InChI=1S/C17H18N2O3S2/c1-11-3-6-13(7-4-11)24(2,20)17(23)19-16(18)12-5-8-14-15(9-12)22-10-21-14/h3-9,20H,10H2,1-2H3,(H2,18,19,23). The van der Waals surface area contributed by atoms with Gasteiger partial charge in [0.2, 0.25) is 6.79 Å². The Hall–Kier alpha value is -2.09. The minimum atomic E-state index is -2.36. The lowest BCUT2D eigenvalue weighted by Gasteiger charge is -2.28. The van der Waals surface area contributed by atoms with Crippen LogP contribution in [0.3, 0.4) is 0 Å². The molecular formula is C17H18N2O3S2. The van der Waals surface area contributed by atoms with E-state index in [0.29, 0.717) is 17.1 Å². The fourth-order valence-corrected chi connectivity index (χ4v) is 3.74. The van der Waals surface area contributed by atoms with Crippen LogP contribution in [0, 0.1) is 6.92 Å². The number of amidine groups is 1. The molecular weight excluding hydrogens is 344 g/mol. The van der Waals surface area contributed by atoms with Gasteiger partial charge in [0.25, 0.3) is 0 Å². The molecule has 2 aromatic rings. The molecule has 0 radical (unpaired) electrons. The quantitative estimate of drug-likeness (QED) is 0.484. The van der Waals surface area contributed by atoms with Gasteiger partial charge in [0, 0.05) is 10.5 Å².